The minimum absolute atomic E-state index is 0.499. The summed E-state index contributed by atoms with van der Waals surface area (Å²) in [7, 11) is 0. The molecule has 0 amide bonds. The van der Waals surface area contributed by atoms with Crippen LogP contribution < -0.4 is 0 Å². The van der Waals surface area contributed by atoms with Gasteiger partial charge in [0, 0.05) is 17.7 Å². The fourth-order valence-electron chi connectivity index (χ4n) is 2.23. The minimum atomic E-state index is 0.499. The predicted octanol–water partition coefficient (Wildman–Crippen LogP) is 4.02. The summed E-state index contributed by atoms with van der Waals surface area (Å²) in [6.07, 6.45) is 0. The Morgan fingerprint density at radius 1 is 0.933 bits per heavy atom. The molecule has 0 aliphatic rings. The second-order valence-electron chi connectivity index (χ2n) is 5.21. The van der Waals surface area contributed by atoms with Crippen LogP contribution in [0.5, 0.6) is 0 Å². The van der Waals surface area contributed by atoms with Crippen molar-refractivity contribution in [1.82, 2.24) is 9.55 Å². The number of aromatic nitrogens is 2. The van der Waals surface area contributed by atoms with Gasteiger partial charge in [0.05, 0.1) is 5.69 Å². The summed E-state index contributed by atoms with van der Waals surface area (Å²) in [4.78, 5) is 4.72. The lowest BCUT2D eigenvalue weighted by atomic mass is 10.1. The summed E-state index contributed by atoms with van der Waals surface area (Å²) < 4.78 is 2.41. The van der Waals surface area contributed by atoms with Gasteiger partial charge in [0.15, 0.2) is 0 Å². The van der Waals surface area contributed by atoms with E-state index in [9.17, 15) is 0 Å². The van der Waals surface area contributed by atoms with E-state index >= 15 is 0 Å². The van der Waals surface area contributed by atoms with Gasteiger partial charge in [0.25, 0.3) is 0 Å². The minimum Gasteiger partial charge on any atom is -0.329 e. The van der Waals surface area contributed by atoms with Crippen LogP contribution >= 0.6 is 0 Å². The SMILES string of the molecule is Cc1nc(C(C)C)n(C(C)C)c1C(C)C. The van der Waals surface area contributed by atoms with Crippen LogP contribution in [0.15, 0.2) is 0 Å². The van der Waals surface area contributed by atoms with E-state index < -0.39 is 0 Å². The number of hydrogen-bond donors (Lipinski definition) is 0. The van der Waals surface area contributed by atoms with Gasteiger partial charge >= 0.3 is 0 Å². The third-order valence-corrected chi connectivity index (χ3v) is 2.74. The normalized spacial score (nSPS) is 12.1. The number of imidazole rings is 1. The first-order valence-electron chi connectivity index (χ1n) is 5.94. The van der Waals surface area contributed by atoms with E-state index in [0.29, 0.717) is 17.9 Å². The second kappa shape index (κ2) is 4.38. The van der Waals surface area contributed by atoms with Crippen molar-refractivity contribution in [3.05, 3.63) is 17.2 Å². The third kappa shape index (κ3) is 2.24. The van der Waals surface area contributed by atoms with Crippen LogP contribution in [0.25, 0.3) is 0 Å². The topological polar surface area (TPSA) is 17.8 Å². The smallest absolute Gasteiger partial charge is 0.112 e. The first-order valence-corrected chi connectivity index (χ1v) is 5.94. The van der Waals surface area contributed by atoms with E-state index in [2.05, 4.69) is 53.0 Å². The summed E-state index contributed by atoms with van der Waals surface area (Å²) in [5.41, 5.74) is 2.59. The molecule has 0 N–H and O–H groups in total. The molecule has 1 heterocycles. The van der Waals surface area contributed by atoms with Crippen molar-refractivity contribution in [3.63, 3.8) is 0 Å². The monoisotopic (exact) mass is 208 g/mol. The maximum atomic E-state index is 4.72. The Morgan fingerprint density at radius 2 is 1.47 bits per heavy atom. The van der Waals surface area contributed by atoms with Gasteiger partial charge in [-0.3, -0.25) is 0 Å². The molecule has 0 aliphatic heterocycles. The lowest BCUT2D eigenvalue weighted by molar-refractivity contribution is 0.518. The fourth-order valence-corrected chi connectivity index (χ4v) is 2.23. The van der Waals surface area contributed by atoms with E-state index in [0.717, 1.165) is 0 Å². The molecule has 0 aliphatic carbocycles. The molecule has 0 bridgehead atoms. The maximum Gasteiger partial charge on any atom is 0.112 e. The van der Waals surface area contributed by atoms with Crippen LogP contribution in [-0.4, -0.2) is 9.55 Å². The standard InChI is InChI=1S/C13H24N2/c1-8(2)12-11(7)14-13(9(3)4)15(12)10(5)6/h8-10H,1-7H3. The van der Waals surface area contributed by atoms with Crippen LogP contribution in [-0.2, 0) is 0 Å². The van der Waals surface area contributed by atoms with E-state index in [4.69, 9.17) is 4.98 Å². The summed E-state index contributed by atoms with van der Waals surface area (Å²) in [6.45, 7) is 15.5. The van der Waals surface area contributed by atoms with Crippen LogP contribution in [0.2, 0.25) is 0 Å². The van der Waals surface area contributed by atoms with E-state index in [1.165, 1.54) is 17.2 Å². The molecule has 0 spiro atoms. The Morgan fingerprint density at radius 3 is 1.80 bits per heavy atom. The average molecular weight is 208 g/mol. The van der Waals surface area contributed by atoms with Gasteiger partial charge in [0.2, 0.25) is 0 Å². The van der Waals surface area contributed by atoms with E-state index in [-0.39, 0.29) is 0 Å². The Hall–Kier alpha value is -0.790. The highest BCUT2D eigenvalue weighted by molar-refractivity contribution is 5.21. The predicted molar refractivity (Wildman–Crippen MR) is 65.5 cm³/mol. The Balaban J connectivity index is 3.38. The molecule has 0 atom stereocenters. The molecular formula is C13H24N2. The highest BCUT2D eigenvalue weighted by atomic mass is 15.1. The molecule has 1 aromatic rings. The molecule has 1 rings (SSSR count). The van der Waals surface area contributed by atoms with Gasteiger partial charge in [0.1, 0.15) is 5.82 Å². The zero-order valence-corrected chi connectivity index (χ0v) is 11.1. The van der Waals surface area contributed by atoms with E-state index in [1.807, 2.05) is 0 Å². The number of rotatable bonds is 3. The van der Waals surface area contributed by atoms with Crippen molar-refractivity contribution in [3.8, 4) is 0 Å². The largest absolute Gasteiger partial charge is 0.329 e. The van der Waals surface area contributed by atoms with Crippen LogP contribution in [0.3, 0.4) is 0 Å². The van der Waals surface area contributed by atoms with Crippen molar-refractivity contribution < 1.29 is 0 Å². The van der Waals surface area contributed by atoms with Crippen LogP contribution in [0, 0.1) is 6.92 Å². The number of nitrogens with zero attached hydrogens (tertiary/aromatic N) is 2. The lowest BCUT2D eigenvalue weighted by Gasteiger charge is -2.19. The second-order valence-corrected chi connectivity index (χ2v) is 5.21. The molecule has 0 unspecified atom stereocenters. The molecule has 2 heteroatoms. The highest BCUT2D eigenvalue weighted by Gasteiger charge is 2.20. The van der Waals surface area contributed by atoms with Crippen molar-refractivity contribution >= 4 is 0 Å². The van der Waals surface area contributed by atoms with Gasteiger partial charge in [-0.25, -0.2) is 4.98 Å². The summed E-state index contributed by atoms with van der Waals surface area (Å²) in [6, 6.07) is 0.501. The van der Waals surface area contributed by atoms with Crippen LogP contribution in [0.1, 0.15) is 76.6 Å². The Bertz CT molecular complexity index is 333. The van der Waals surface area contributed by atoms with Gasteiger partial charge in [-0.05, 0) is 26.7 Å². The van der Waals surface area contributed by atoms with Crippen LogP contribution in [0.4, 0.5) is 0 Å². The molecule has 1 aromatic heterocycles. The lowest BCUT2D eigenvalue weighted by Crippen LogP contribution is -2.12. The summed E-state index contributed by atoms with van der Waals surface area (Å²) in [5, 5.41) is 0. The Kier molecular flexibility index (Phi) is 3.58. The molecule has 2 nitrogen and oxygen atoms in total. The average Bonchev–Trinajstić information content (AvgIpc) is 2.42. The number of aryl methyl sites for hydroxylation is 1. The molecular weight excluding hydrogens is 184 g/mol. The quantitative estimate of drug-likeness (QED) is 0.733. The van der Waals surface area contributed by atoms with Crippen molar-refractivity contribution in [2.45, 2.75) is 66.3 Å². The first kappa shape index (κ1) is 12.3. The van der Waals surface area contributed by atoms with E-state index in [1.54, 1.807) is 0 Å². The molecule has 0 aromatic carbocycles. The summed E-state index contributed by atoms with van der Waals surface area (Å²) >= 11 is 0. The molecule has 86 valence electrons. The maximum absolute atomic E-state index is 4.72. The zero-order chi connectivity index (χ0) is 11.7. The summed E-state index contributed by atoms with van der Waals surface area (Å²) in [5.74, 6) is 2.28. The molecule has 0 fully saturated rings. The first-order chi connectivity index (χ1) is 6.86. The van der Waals surface area contributed by atoms with Gasteiger partial charge in [-0.15, -0.1) is 0 Å². The number of hydrogen-bond acceptors (Lipinski definition) is 1. The molecule has 0 radical (unpaired) electrons. The van der Waals surface area contributed by atoms with Gasteiger partial charge in [-0.1, -0.05) is 27.7 Å². The third-order valence-electron chi connectivity index (χ3n) is 2.74. The highest BCUT2D eigenvalue weighted by Crippen LogP contribution is 2.28. The molecule has 0 saturated carbocycles. The van der Waals surface area contributed by atoms with Crippen molar-refractivity contribution in [2.24, 2.45) is 0 Å². The molecule has 15 heavy (non-hydrogen) atoms. The van der Waals surface area contributed by atoms with Gasteiger partial charge in [-0.2, -0.15) is 0 Å². The van der Waals surface area contributed by atoms with Crippen molar-refractivity contribution in [1.29, 1.82) is 0 Å². The molecule has 0 saturated heterocycles. The zero-order valence-electron chi connectivity index (χ0n) is 11.1. The van der Waals surface area contributed by atoms with Crippen molar-refractivity contribution in [2.75, 3.05) is 0 Å². The fraction of sp³-hybridized carbons (Fsp3) is 0.769. The Labute approximate surface area is 93.7 Å². The van der Waals surface area contributed by atoms with Gasteiger partial charge < -0.3 is 4.57 Å².